The Labute approximate surface area is 167 Å². The highest BCUT2D eigenvalue weighted by Crippen LogP contribution is 2.21. The summed E-state index contributed by atoms with van der Waals surface area (Å²) < 4.78 is 5.59. The molecule has 5 nitrogen and oxygen atoms in total. The van der Waals surface area contributed by atoms with E-state index < -0.39 is 0 Å². The molecule has 7 heteroatoms. The first-order valence-corrected chi connectivity index (χ1v) is 9.54. The number of hydrogen-bond donors (Lipinski definition) is 1. The Morgan fingerprint density at radius 3 is 3.00 bits per heavy atom. The van der Waals surface area contributed by atoms with Crippen molar-refractivity contribution in [2.75, 3.05) is 32.0 Å². The third kappa shape index (κ3) is 6.31. The molecule has 0 amide bonds. The maximum Gasteiger partial charge on any atom is 0.218 e. The van der Waals surface area contributed by atoms with Crippen LogP contribution in [0.3, 0.4) is 0 Å². The second-order valence-electron chi connectivity index (χ2n) is 5.42. The lowest BCUT2D eigenvalue weighted by Gasteiger charge is -2.34. The summed E-state index contributed by atoms with van der Waals surface area (Å²) in [7, 11) is 0. The average Bonchev–Trinajstić information content (AvgIpc) is 2.60. The summed E-state index contributed by atoms with van der Waals surface area (Å²) in [6.07, 6.45) is 2.97. The lowest BCUT2D eigenvalue weighted by Crippen LogP contribution is -2.48. The predicted molar refractivity (Wildman–Crippen MR) is 114 cm³/mol. The molecule has 1 N–H and O–H groups in total. The predicted octanol–water partition coefficient (Wildman–Crippen LogP) is 3.39. The summed E-state index contributed by atoms with van der Waals surface area (Å²) in [4.78, 5) is 11.5. The first-order chi connectivity index (χ1) is 11.3. The zero-order chi connectivity index (χ0) is 16.5. The molecule has 1 aromatic heterocycles. The molecule has 1 saturated heterocycles. The van der Waals surface area contributed by atoms with E-state index in [9.17, 15) is 0 Å². The van der Waals surface area contributed by atoms with Crippen LogP contribution in [-0.4, -0.2) is 53.1 Å². The number of ether oxygens (including phenoxy) is 1. The molecule has 0 spiro atoms. The van der Waals surface area contributed by atoms with Gasteiger partial charge < -0.3 is 15.0 Å². The van der Waals surface area contributed by atoms with Gasteiger partial charge >= 0.3 is 0 Å². The Balaban J connectivity index is 0.00000288. The minimum atomic E-state index is 0. The summed E-state index contributed by atoms with van der Waals surface area (Å²) in [6.45, 7) is 10.6. The Kier molecular flexibility index (Phi) is 10.5. The van der Waals surface area contributed by atoms with Crippen LogP contribution in [0.2, 0.25) is 0 Å². The molecule has 0 aliphatic carbocycles. The van der Waals surface area contributed by atoms with Crippen molar-refractivity contribution >= 4 is 41.7 Å². The Hall–Kier alpha value is -0.700. The molecule has 0 radical (unpaired) electrons. The molecule has 2 heterocycles. The molecule has 0 bridgehead atoms. The summed E-state index contributed by atoms with van der Waals surface area (Å²) >= 11 is 2.07. The molecule has 0 aromatic carbocycles. The first-order valence-electron chi connectivity index (χ1n) is 8.50. The van der Waals surface area contributed by atoms with Crippen LogP contribution < -0.4 is 10.1 Å². The number of guanidine groups is 1. The van der Waals surface area contributed by atoms with Gasteiger partial charge in [-0.2, -0.15) is 11.8 Å². The molecule has 1 unspecified atom stereocenters. The number of nitrogens with zero attached hydrogens (tertiary/aromatic N) is 3. The lowest BCUT2D eigenvalue weighted by atomic mass is 10.2. The van der Waals surface area contributed by atoms with Gasteiger partial charge in [0, 0.05) is 42.4 Å². The number of halogens is 1. The largest absolute Gasteiger partial charge is 0.478 e. The molecule has 1 aliphatic rings. The van der Waals surface area contributed by atoms with E-state index in [1.54, 1.807) is 6.20 Å². The van der Waals surface area contributed by atoms with Crippen LogP contribution in [0.5, 0.6) is 5.88 Å². The second-order valence-corrected chi connectivity index (χ2v) is 6.83. The minimum absolute atomic E-state index is 0. The number of aromatic nitrogens is 1. The average molecular weight is 464 g/mol. The Bertz CT molecular complexity index is 515. The van der Waals surface area contributed by atoms with Gasteiger partial charge in [0.2, 0.25) is 5.88 Å². The van der Waals surface area contributed by atoms with Crippen LogP contribution in [0.1, 0.15) is 32.8 Å². The van der Waals surface area contributed by atoms with Gasteiger partial charge in [-0.1, -0.05) is 13.0 Å². The maximum absolute atomic E-state index is 5.59. The molecule has 1 fully saturated rings. The molecule has 24 heavy (non-hydrogen) atoms. The smallest absolute Gasteiger partial charge is 0.218 e. The van der Waals surface area contributed by atoms with Gasteiger partial charge in [0.15, 0.2) is 5.96 Å². The third-order valence-corrected chi connectivity index (χ3v) is 5.13. The lowest BCUT2D eigenvalue weighted by molar-refractivity contribution is 0.323. The number of aliphatic imine (C=N–C) groups is 1. The Morgan fingerprint density at radius 2 is 2.29 bits per heavy atom. The fourth-order valence-electron chi connectivity index (χ4n) is 2.56. The monoisotopic (exact) mass is 464 g/mol. The summed E-state index contributed by atoms with van der Waals surface area (Å²) in [6, 6.07) is 3.97. The van der Waals surface area contributed by atoms with E-state index in [1.807, 2.05) is 19.1 Å². The van der Waals surface area contributed by atoms with Gasteiger partial charge in [0.1, 0.15) is 0 Å². The van der Waals surface area contributed by atoms with E-state index in [2.05, 4.69) is 40.8 Å². The van der Waals surface area contributed by atoms with Crippen molar-refractivity contribution in [1.82, 2.24) is 15.2 Å². The van der Waals surface area contributed by atoms with Gasteiger partial charge in [-0.3, -0.25) is 0 Å². The highest BCUT2D eigenvalue weighted by Gasteiger charge is 2.21. The van der Waals surface area contributed by atoms with E-state index >= 15 is 0 Å². The summed E-state index contributed by atoms with van der Waals surface area (Å²) in [5.74, 6) is 2.85. The van der Waals surface area contributed by atoms with E-state index in [0.717, 1.165) is 31.2 Å². The molecular formula is C17H29IN4OS. The number of hydrogen-bond acceptors (Lipinski definition) is 4. The van der Waals surface area contributed by atoms with Crippen molar-refractivity contribution in [2.24, 2.45) is 4.99 Å². The van der Waals surface area contributed by atoms with E-state index in [1.165, 1.54) is 12.2 Å². The van der Waals surface area contributed by atoms with E-state index in [4.69, 9.17) is 9.73 Å². The van der Waals surface area contributed by atoms with Crippen molar-refractivity contribution in [1.29, 1.82) is 0 Å². The van der Waals surface area contributed by atoms with Crippen molar-refractivity contribution in [3.8, 4) is 5.88 Å². The van der Waals surface area contributed by atoms with Crippen molar-refractivity contribution in [3.63, 3.8) is 0 Å². The zero-order valence-electron chi connectivity index (χ0n) is 14.8. The van der Waals surface area contributed by atoms with E-state index in [-0.39, 0.29) is 24.0 Å². The number of nitrogens with one attached hydrogen (secondary N) is 1. The fourth-order valence-corrected chi connectivity index (χ4v) is 3.74. The van der Waals surface area contributed by atoms with Crippen LogP contribution in [0.15, 0.2) is 23.3 Å². The highest BCUT2D eigenvalue weighted by atomic mass is 127. The van der Waals surface area contributed by atoms with Crippen molar-refractivity contribution < 1.29 is 4.74 Å². The van der Waals surface area contributed by atoms with Crippen LogP contribution in [0.25, 0.3) is 0 Å². The number of rotatable bonds is 6. The number of thioether (sulfide) groups is 1. The molecular weight excluding hydrogens is 435 g/mol. The van der Waals surface area contributed by atoms with Crippen LogP contribution >= 0.6 is 35.7 Å². The maximum atomic E-state index is 5.59. The molecule has 1 atom stereocenters. The highest BCUT2D eigenvalue weighted by molar-refractivity contribution is 14.0. The Morgan fingerprint density at radius 1 is 1.46 bits per heavy atom. The molecule has 2 rings (SSSR count). The summed E-state index contributed by atoms with van der Waals surface area (Å²) in [5.41, 5.74) is 1.03. The topological polar surface area (TPSA) is 49.8 Å². The zero-order valence-corrected chi connectivity index (χ0v) is 18.0. The second kappa shape index (κ2) is 11.8. The molecule has 1 aliphatic heterocycles. The van der Waals surface area contributed by atoms with Gasteiger partial charge in [0.25, 0.3) is 0 Å². The quantitative estimate of drug-likeness (QED) is 0.398. The summed E-state index contributed by atoms with van der Waals surface area (Å²) in [5, 5.41) is 4.12. The standard InChI is InChI=1S/C17H28N4OS.HI/c1-4-15-13-21(10-11-23-15)17(18-5-2)20-12-14-8-7-9-19-16(14)22-6-3;/h7-9,15H,4-6,10-13H2,1-3H3,(H,18,20);1H. The molecule has 136 valence electrons. The van der Waals surface area contributed by atoms with Crippen LogP contribution in [0.4, 0.5) is 0 Å². The van der Waals surface area contributed by atoms with Gasteiger partial charge in [-0.05, 0) is 26.3 Å². The normalized spacial score (nSPS) is 18.0. The SMILES string of the molecule is CCNC(=NCc1cccnc1OCC)N1CCSC(CC)C1.I. The third-order valence-electron chi connectivity index (χ3n) is 3.76. The van der Waals surface area contributed by atoms with Crippen molar-refractivity contribution in [3.05, 3.63) is 23.9 Å². The van der Waals surface area contributed by atoms with E-state index in [0.29, 0.717) is 24.3 Å². The van der Waals surface area contributed by atoms with Crippen molar-refractivity contribution in [2.45, 2.75) is 39.0 Å². The van der Waals surface area contributed by atoms with Crippen LogP contribution in [0, 0.1) is 0 Å². The molecule has 0 saturated carbocycles. The van der Waals surface area contributed by atoms with Gasteiger partial charge in [-0.25, -0.2) is 9.98 Å². The van der Waals surface area contributed by atoms with Crippen LogP contribution in [-0.2, 0) is 6.54 Å². The first kappa shape index (κ1) is 21.3. The number of pyridine rings is 1. The minimum Gasteiger partial charge on any atom is -0.478 e. The molecule has 1 aromatic rings. The van der Waals surface area contributed by atoms with Gasteiger partial charge in [0.05, 0.1) is 13.2 Å². The fraction of sp³-hybridized carbons (Fsp3) is 0.647. The van der Waals surface area contributed by atoms with Gasteiger partial charge in [-0.15, -0.1) is 24.0 Å².